The molecule has 1 N–H and O–H groups in total. The average molecular weight is 290 g/mol. The van der Waals surface area contributed by atoms with Crippen LogP contribution in [0.4, 0.5) is 0 Å². The first-order chi connectivity index (χ1) is 10.1. The molecule has 1 aromatic rings. The average Bonchev–Trinajstić information content (AvgIpc) is 2.51. The van der Waals surface area contributed by atoms with E-state index in [9.17, 15) is 4.79 Å². The van der Waals surface area contributed by atoms with Gasteiger partial charge in [-0.15, -0.1) is 0 Å². The predicted molar refractivity (Wildman–Crippen MR) is 84.5 cm³/mol. The summed E-state index contributed by atoms with van der Waals surface area (Å²) in [7, 11) is 1.91. The van der Waals surface area contributed by atoms with Gasteiger partial charge in [-0.3, -0.25) is 4.79 Å². The van der Waals surface area contributed by atoms with Gasteiger partial charge < -0.3 is 15.0 Å². The molecule has 0 aliphatic carbocycles. The molecule has 116 valence electrons. The van der Waals surface area contributed by atoms with Crippen molar-refractivity contribution in [1.82, 2.24) is 10.2 Å². The van der Waals surface area contributed by atoms with Gasteiger partial charge in [0.15, 0.2) is 6.10 Å². The number of hydrogen-bond donors (Lipinski definition) is 1. The van der Waals surface area contributed by atoms with Crippen molar-refractivity contribution in [3.63, 3.8) is 0 Å². The second-order valence-electron chi connectivity index (χ2n) is 5.74. The van der Waals surface area contributed by atoms with Crippen LogP contribution in [0.15, 0.2) is 18.2 Å². The Balaban J connectivity index is 2.07. The Hall–Kier alpha value is -1.55. The standard InChI is InChI=1S/C17H26N2O2/c1-13-8-7-9-15(12-18-3)16(13)21-14(2)17(20)19-10-5-4-6-11-19/h7-9,14,18H,4-6,10-12H2,1-3H3. The number of benzene rings is 1. The van der Waals surface area contributed by atoms with Gasteiger partial charge >= 0.3 is 0 Å². The van der Waals surface area contributed by atoms with E-state index in [4.69, 9.17) is 4.74 Å². The SMILES string of the molecule is CNCc1cccc(C)c1OC(C)C(=O)N1CCCCC1. The van der Waals surface area contributed by atoms with E-state index in [2.05, 4.69) is 5.32 Å². The minimum atomic E-state index is -0.431. The summed E-state index contributed by atoms with van der Waals surface area (Å²) < 4.78 is 6.01. The molecule has 1 saturated heterocycles. The number of carbonyl (C=O) groups excluding carboxylic acids is 1. The van der Waals surface area contributed by atoms with Gasteiger partial charge in [0.1, 0.15) is 5.75 Å². The Morgan fingerprint density at radius 3 is 2.71 bits per heavy atom. The smallest absolute Gasteiger partial charge is 0.263 e. The molecule has 0 spiro atoms. The molecular formula is C17H26N2O2. The van der Waals surface area contributed by atoms with Crippen LogP contribution in [0, 0.1) is 6.92 Å². The van der Waals surface area contributed by atoms with Crippen LogP contribution in [0.3, 0.4) is 0 Å². The zero-order valence-electron chi connectivity index (χ0n) is 13.3. The normalized spacial score (nSPS) is 16.6. The number of ether oxygens (including phenoxy) is 1. The summed E-state index contributed by atoms with van der Waals surface area (Å²) in [5.41, 5.74) is 2.16. The maximum absolute atomic E-state index is 12.5. The molecule has 2 rings (SSSR count). The third-order valence-electron chi connectivity index (χ3n) is 3.97. The van der Waals surface area contributed by atoms with Crippen molar-refractivity contribution < 1.29 is 9.53 Å². The van der Waals surface area contributed by atoms with Crippen molar-refractivity contribution in [3.05, 3.63) is 29.3 Å². The Morgan fingerprint density at radius 1 is 1.33 bits per heavy atom. The Labute approximate surface area is 127 Å². The van der Waals surface area contributed by atoms with Gasteiger partial charge in [-0.25, -0.2) is 0 Å². The third-order valence-corrected chi connectivity index (χ3v) is 3.97. The summed E-state index contributed by atoms with van der Waals surface area (Å²) in [5.74, 6) is 0.943. The van der Waals surface area contributed by atoms with Crippen molar-refractivity contribution >= 4 is 5.91 Å². The summed E-state index contributed by atoms with van der Waals surface area (Å²) in [6.07, 6.45) is 3.00. The Kier molecular flexibility index (Phi) is 5.62. The molecule has 21 heavy (non-hydrogen) atoms. The molecule has 1 heterocycles. The highest BCUT2D eigenvalue weighted by Crippen LogP contribution is 2.25. The number of likely N-dealkylation sites (tertiary alicyclic amines) is 1. The molecule has 0 radical (unpaired) electrons. The van der Waals surface area contributed by atoms with Crippen LogP contribution in [0.25, 0.3) is 0 Å². The lowest BCUT2D eigenvalue weighted by Gasteiger charge is -2.29. The minimum Gasteiger partial charge on any atom is -0.480 e. The fraction of sp³-hybridized carbons (Fsp3) is 0.588. The summed E-state index contributed by atoms with van der Waals surface area (Å²) in [6, 6.07) is 6.08. The quantitative estimate of drug-likeness (QED) is 0.906. The van der Waals surface area contributed by atoms with Gasteiger partial charge in [-0.05, 0) is 45.7 Å². The molecule has 1 aromatic carbocycles. The molecule has 0 bridgehead atoms. The van der Waals surface area contributed by atoms with E-state index in [1.807, 2.05) is 44.0 Å². The maximum Gasteiger partial charge on any atom is 0.263 e. The molecule has 4 heteroatoms. The Bertz CT molecular complexity index is 482. The first-order valence-electron chi connectivity index (χ1n) is 7.82. The highest BCUT2D eigenvalue weighted by atomic mass is 16.5. The monoisotopic (exact) mass is 290 g/mol. The molecule has 1 amide bonds. The molecule has 1 aliphatic heterocycles. The maximum atomic E-state index is 12.5. The number of nitrogens with zero attached hydrogens (tertiary/aromatic N) is 1. The predicted octanol–water partition coefficient (Wildman–Crippen LogP) is 2.49. The molecule has 0 saturated carbocycles. The van der Waals surface area contributed by atoms with Crippen LogP contribution in [-0.4, -0.2) is 37.0 Å². The number of rotatable bonds is 5. The van der Waals surface area contributed by atoms with Crippen LogP contribution in [0.5, 0.6) is 5.75 Å². The van der Waals surface area contributed by atoms with Crippen LogP contribution in [0.1, 0.15) is 37.3 Å². The van der Waals surface area contributed by atoms with Crippen LogP contribution in [-0.2, 0) is 11.3 Å². The van der Waals surface area contributed by atoms with Gasteiger partial charge in [0.25, 0.3) is 5.91 Å². The van der Waals surface area contributed by atoms with E-state index in [1.165, 1.54) is 6.42 Å². The third kappa shape index (κ3) is 3.97. The fourth-order valence-corrected chi connectivity index (χ4v) is 2.81. The summed E-state index contributed by atoms with van der Waals surface area (Å²) in [5, 5.41) is 3.14. The lowest BCUT2D eigenvalue weighted by molar-refractivity contribution is -0.138. The number of hydrogen-bond acceptors (Lipinski definition) is 3. The van der Waals surface area contributed by atoms with E-state index >= 15 is 0 Å². The van der Waals surface area contributed by atoms with E-state index in [-0.39, 0.29) is 5.91 Å². The first-order valence-corrected chi connectivity index (χ1v) is 7.82. The molecule has 1 unspecified atom stereocenters. The van der Waals surface area contributed by atoms with Gasteiger partial charge in [-0.1, -0.05) is 18.2 Å². The van der Waals surface area contributed by atoms with Gasteiger partial charge in [-0.2, -0.15) is 0 Å². The largest absolute Gasteiger partial charge is 0.480 e. The van der Waals surface area contributed by atoms with E-state index < -0.39 is 6.10 Å². The number of carbonyl (C=O) groups is 1. The molecular weight excluding hydrogens is 264 g/mol. The molecule has 0 aromatic heterocycles. The van der Waals surface area contributed by atoms with E-state index in [0.29, 0.717) is 0 Å². The number of para-hydroxylation sites is 1. The number of nitrogens with one attached hydrogen (secondary N) is 1. The van der Waals surface area contributed by atoms with Crippen molar-refractivity contribution in [3.8, 4) is 5.75 Å². The highest BCUT2D eigenvalue weighted by molar-refractivity contribution is 5.81. The lowest BCUT2D eigenvalue weighted by Crippen LogP contribution is -2.43. The van der Waals surface area contributed by atoms with Crippen LogP contribution >= 0.6 is 0 Å². The zero-order chi connectivity index (χ0) is 15.2. The topological polar surface area (TPSA) is 41.6 Å². The molecule has 4 nitrogen and oxygen atoms in total. The first kappa shape index (κ1) is 15.8. The fourth-order valence-electron chi connectivity index (χ4n) is 2.81. The number of aryl methyl sites for hydroxylation is 1. The highest BCUT2D eigenvalue weighted by Gasteiger charge is 2.24. The second-order valence-corrected chi connectivity index (χ2v) is 5.74. The molecule has 1 atom stereocenters. The minimum absolute atomic E-state index is 0.105. The van der Waals surface area contributed by atoms with E-state index in [1.54, 1.807) is 0 Å². The Morgan fingerprint density at radius 2 is 2.05 bits per heavy atom. The van der Waals surface area contributed by atoms with Crippen LogP contribution in [0.2, 0.25) is 0 Å². The van der Waals surface area contributed by atoms with E-state index in [0.717, 1.165) is 49.4 Å². The van der Waals surface area contributed by atoms with Gasteiger partial charge in [0.2, 0.25) is 0 Å². The summed E-state index contributed by atoms with van der Waals surface area (Å²) in [6.45, 7) is 6.34. The van der Waals surface area contributed by atoms with Gasteiger partial charge in [0.05, 0.1) is 0 Å². The van der Waals surface area contributed by atoms with Crippen molar-refractivity contribution in [1.29, 1.82) is 0 Å². The van der Waals surface area contributed by atoms with Crippen molar-refractivity contribution in [2.45, 2.75) is 45.8 Å². The second kappa shape index (κ2) is 7.46. The number of amides is 1. The zero-order valence-corrected chi connectivity index (χ0v) is 13.3. The summed E-state index contributed by atoms with van der Waals surface area (Å²) in [4.78, 5) is 14.4. The molecule has 1 fully saturated rings. The van der Waals surface area contributed by atoms with Gasteiger partial charge in [0, 0.05) is 25.2 Å². The lowest BCUT2D eigenvalue weighted by atomic mass is 10.1. The van der Waals surface area contributed by atoms with Crippen LogP contribution < -0.4 is 10.1 Å². The number of piperidine rings is 1. The van der Waals surface area contributed by atoms with Crippen molar-refractivity contribution in [2.75, 3.05) is 20.1 Å². The van der Waals surface area contributed by atoms with Crippen molar-refractivity contribution in [2.24, 2.45) is 0 Å². The summed E-state index contributed by atoms with van der Waals surface area (Å²) >= 11 is 0. The molecule has 1 aliphatic rings.